The molecule has 0 saturated heterocycles. The average Bonchev–Trinajstić information content (AvgIpc) is 3.07. The molecule has 2 N–H and O–H groups in total. The summed E-state index contributed by atoms with van der Waals surface area (Å²) in [6.45, 7) is 0. The van der Waals surface area contributed by atoms with Crippen molar-refractivity contribution < 1.29 is 19.2 Å². The summed E-state index contributed by atoms with van der Waals surface area (Å²) >= 11 is 0. The molecule has 0 radical (unpaired) electrons. The fourth-order valence-electron chi connectivity index (χ4n) is 4.39. The van der Waals surface area contributed by atoms with E-state index in [4.69, 9.17) is 0 Å². The molecule has 6 nitrogen and oxygen atoms in total. The molecule has 44 heavy (non-hydrogen) atoms. The quantitative estimate of drug-likeness (QED) is 0.130. The number of hydrogen-bond donors (Lipinski definition) is 2. The maximum absolute atomic E-state index is 12.9. The Morgan fingerprint density at radius 1 is 0.409 bits per heavy atom. The number of ketones is 2. The minimum atomic E-state index is -0.253. The van der Waals surface area contributed by atoms with Crippen LogP contribution >= 0.6 is 0 Å². The van der Waals surface area contributed by atoms with E-state index in [0.717, 1.165) is 11.1 Å². The summed E-state index contributed by atoms with van der Waals surface area (Å²) in [7, 11) is 0. The molecule has 0 spiro atoms. The highest BCUT2D eigenvalue weighted by Crippen LogP contribution is 2.17. The Hall–Kier alpha value is -6.14. The zero-order valence-corrected chi connectivity index (χ0v) is 23.6. The highest BCUT2D eigenvalue weighted by molar-refractivity contribution is 6.10. The first-order valence-corrected chi connectivity index (χ1v) is 13.9. The number of allylic oxidation sites excluding steroid dienone is 2. The zero-order valence-electron chi connectivity index (χ0n) is 23.6. The van der Waals surface area contributed by atoms with Gasteiger partial charge in [-0.25, -0.2) is 0 Å². The van der Waals surface area contributed by atoms with E-state index in [1.165, 1.54) is 12.2 Å². The van der Waals surface area contributed by atoms with Crippen LogP contribution < -0.4 is 10.6 Å². The number of anilines is 2. The summed E-state index contributed by atoms with van der Waals surface area (Å²) in [5.74, 6) is -0.930. The third-order valence-corrected chi connectivity index (χ3v) is 6.65. The van der Waals surface area contributed by atoms with Gasteiger partial charge in [0.2, 0.25) is 0 Å². The lowest BCUT2D eigenvalue weighted by molar-refractivity contribution is 0.101. The van der Waals surface area contributed by atoms with Gasteiger partial charge in [0.1, 0.15) is 0 Å². The standard InChI is InChI=1S/C38H28N2O4/c41-35(31-16-8-18-33(25-31)39-37(43)29-12-3-1-4-13-29)22-20-27-10-7-11-28(24-27)21-23-36(42)32-17-9-19-34(26-32)40-38(44)30-14-5-2-6-15-30/h1-26H,(H,39,43)(H,40,44)/b22-20-,23-21-. The van der Waals surface area contributed by atoms with Gasteiger partial charge in [0, 0.05) is 33.6 Å². The Kier molecular flexibility index (Phi) is 9.45. The molecule has 5 rings (SSSR count). The van der Waals surface area contributed by atoms with Crippen LogP contribution in [0.1, 0.15) is 52.6 Å². The molecule has 0 aliphatic rings. The SMILES string of the molecule is O=C(/C=C\c1cccc(/C=C\C(=O)c2cccc(NC(=O)c3ccccc3)c2)c1)c1cccc(NC(=O)c2ccccc2)c1. The molecule has 6 heteroatoms. The third kappa shape index (κ3) is 7.99. The maximum Gasteiger partial charge on any atom is 0.255 e. The van der Waals surface area contributed by atoms with E-state index in [1.807, 2.05) is 36.4 Å². The molecule has 0 atom stereocenters. The molecule has 0 aromatic heterocycles. The summed E-state index contributed by atoms with van der Waals surface area (Å²) in [5.41, 5.74) is 4.56. The number of rotatable bonds is 10. The molecule has 5 aromatic carbocycles. The van der Waals surface area contributed by atoms with Gasteiger partial charge in [0.05, 0.1) is 0 Å². The minimum Gasteiger partial charge on any atom is -0.322 e. The summed E-state index contributed by atoms with van der Waals surface area (Å²) in [4.78, 5) is 50.7. The molecule has 0 aliphatic carbocycles. The third-order valence-electron chi connectivity index (χ3n) is 6.65. The number of hydrogen-bond acceptors (Lipinski definition) is 4. The Labute approximate surface area is 255 Å². The highest BCUT2D eigenvalue weighted by atomic mass is 16.2. The topological polar surface area (TPSA) is 92.3 Å². The van der Waals surface area contributed by atoms with Crippen LogP contribution in [0.2, 0.25) is 0 Å². The number of amides is 2. The van der Waals surface area contributed by atoms with E-state index in [1.54, 1.807) is 109 Å². The van der Waals surface area contributed by atoms with E-state index in [9.17, 15) is 19.2 Å². The first-order chi connectivity index (χ1) is 21.4. The van der Waals surface area contributed by atoms with Gasteiger partial charge < -0.3 is 10.6 Å². The van der Waals surface area contributed by atoms with Crippen molar-refractivity contribution in [2.45, 2.75) is 0 Å². The van der Waals surface area contributed by atoms with Crippen LogP contribution in [0.25, 0.3) is 12.2 Å². The number of carbonyl (C=O) groups is 4. The smallest absolute Gasteiger partial charge is 0.255 e. The molecule has 0 heterocycles. The fraction of sp³-hybridized carbons (Fsp3) is 0. The monoisotopic (exact) mass is 576 g/mol. The van der Waals surface area contributed by atoms with Crippen molar-refractivity contribution in [3.05, 3.63) is 179 Å². The van der Waals surface area contributed by atoms with Crippen LogP contribution in [0.15, 0.2) is 146 Å². The van der Waals surface area contributed by atoms with Crippen molar-refractivity contribution in [2.75, 3.05) is 10.6 Å². The molecular weight excluding hydrogens is 548 g/mol. The second-order valence-electron chi connectivity index (χ2n) is 9.87. The summed E-state index contributed by atoms with van der Waals surface area (Å²) in [6, 6.07) is 38.7. The predicted octanol–water partition coefficient (Wildman–Crippen LogP) is 7.98. The number of carbonyl (C=O) groups excluding carboxylic acids is 4. The molecule has 0 saturated carbocycles. The highest BCUT2D eigenvalue weighted by Gasteiger charge is 2.09. The fourth-order valence-corrected chi connectivity index (χ4v) is 4.39. The van der Waals surface area contributed by atoms with E-state index in [-0.39, 0.29) is 23.4 Å². The van der Waals surface area contributed by atoms with Crippen LogP contribution in [0, 0.1) is 0 Å². The van der Waals surface area contributed by atoms with Gasteiger partial charge in [-0.1, -0.05) is 91.0 Å². The van der Waals surface area contributed by atoms with E-state index in [0.29, 0.717) is 33.6 Å². The zero-order chi connectivity index (χ0) is 30.7. The molecule has 5 aromatic rings. The van der Waals surface area contributed by atoms with Gasteiger partial charge in [-0.3, -0.25) is 19.2 Å². The normalized spacial score (nSPS) is 10.9. The Morgan fingerprint density at radius 3 is 1.23 bits per heavy atom. The second-order valence-corrected chi connectivity index (χ2v) is 9.87. The van der Waals surface area contributed by atoms with Crippen molar-refractivity contribution in [1.29, 1.82) is 0 Å². The molecule has 0 fully saturated rings. The lowest BCUT2D eigenvalue weighted by Crippen LogP contribution is -2.12. The summed E-state index contributed by atoms with van der Waals surface area (Å²) in [6.07, 6.45) is 6.36. The van der Waals surface area contributed by atoms with Gasteiger partial charge >= 0.3 is 0 Å². The van der Waals surface area contributed by atoms with Crippen molar-refractivity contribution in [3.8, 4) is 0 Å². The van der Waals surface area contributed by atoms with Gasteiger partial charge in [0.25, 0.3) is 11.8 Å². The lowest BCUT2D eigenvalue weighted by Gasteiger charge is -2.06. The van der Waals surface area contributed by atoms with Crippen molar-refractivity contribution in [3.63, 3.8) is 0 Å². The van der Waals surface area contributed by atoms with Crippen molar-refractivity contribution >= 4 is 46.9 Å². The second kappa shape index (κ2) is 14.2. The Bertz CT molecular complexity index is 1740. The first-order valence-electron chi connectivity index (χ1n) is 13.9. The minimum absolute atomic E-state index is 0.212. The molecule has 214 valence electrons. The van der Waals surface area contributed by atoms with Gasteiger partial charge in [-0.05, 0) is 77.9 Å². The van der Waals surface area contributed by atoms with Gasteiger partial charge in [-0.15, -0.1) is 0 Å². The van der Waals surface area contributed by atoms with Crippen molar-refractivity contribution in [2.24, 2.45) is 0 Å². The molecular formula is C38H28N2O4. The molecule has 0 aliphatic heterocycles. The van der Waals surface area contributed by atoms with Crippen LogP contribution in [0.3, 0.4) is 0 Å². The van der Waals surface area contributed by atoms with Crippen LogP contribution in [-0.2, 0) is 0 Å². The van der Waals surface area contributed by atoms with Crippen LogP contribution in [0.4, 0.5) is 11.4 Å². The lowest BCUT2D eigenvalue weighted by atomic mass is 10.1. The van der Waals surface area contributed by atoms with Crippen LogP contribution in [-0.4, -0.2) is 23.4 Å². The summed E-state index contributed by atoms with van der Waals surface area (Å²) in [5, 5.41) is 5.64. The van der Waals surface area contributed by atoms with Gasteiger partial charge in [-0.2, -0.15) is 0 Å². The maximum atomic E-state index is 12.9. The summed E-state index contributed by atoms with van der Waals surface area (Å²) < 4.78 is 0. The first kappa shape index (κ1) is 29.4. The Balaban J connectivity index is 1.21. The van der Waals surface area contributed by atoms with Crippen LogP contribution in [0.5, 0.6) is 0 Å². The van der Waals surface area contributed by atoms with Crippen molar-refractivity contribution in [1.82, 2.24) is 0 Å². The largest absolute Gasteiger partial charge is 0.322 e. The molecule has 0 bridgehead atoms. The number of benzene rings is 5. The predicted molar refractivity (Wildman–Crippen MR) is 175 cm³/mol. The average molecular weight is 577 g/mol. The Morgan fingerprint density at radius 2 is 0.795 bits per heavy atom. The van der Waals surface area contributed by atoms with E-state index in [2.05, 4.69) is 10.6 Å². The van der Waals surface area contributed by atoms with E-state index >= 15 is 0 Å². The van der Waals surface area contributed by atoms with Gasteiger partial charge in [0.15, 0.2) is 11.6 Å². The molecule has 0 unspecified atom stereocenters. The van der Waals surface area contributed by atoms with E-state index < -0.39 is 0 Å². The molecule has 2 amide bonds. The number of nitrogens with one attached hydrogen (secondary N) is 2.